The van der Waals surface area contributed by atoms with Gasteiger partial charge in [-0.3, -0.25) is 9.80 Å². The van der Waals surface area contributed by atoms with Gasteiger partial charge in [0.15, 0.2) is 0 Å². The molecule has 0 spiro atoms. The topological polar surface area (TPSA) is 46.9 Å². The third-order valence-corrected chi connectivity index (χ3v) is 3.37. The molecule has 0 aliphatic heterocycles. The van der Waals surface area contributed by atoms with Crippen molar-refractivity contribution >= 4 is 0 Å². The molecule has 0 atom stereocenters. The molecule has 0 aromatic heterocycles. The van der Waals surface area contributed by atoms with Crippen molar-refractivity contribution < 1.29 is 10.2 Å². The fourth-order valence-corrected chi connectivity index (χ4v) is 2.46. The average Bonchev–Trinajstić information content (AvgIpc) is 2.43. The van der Waals surface area contributed by atoms with E-state index in [0.717, 1.165) is 13.1 Å². The molecule has 0 saturated carbocycles. The summed E-state index contributed by atoms with van der Waals surface area (Å²) in [6.45, 7) is 23.3. The van der Waals surface area contributed by atoms with Gasteiger partial charge in [-0.15, -0.1) is 0 Å². The van der Waals surface area contributed by atoms with Crippen molar-refractivity contribution in [1.82, 2.24) is 9.80 Å². The molecule has 0 aliphatic rings. The molecule has 0 saturated heterocycles. The molecular formula is C18H44N2O2. The quantitative estimate of drug-likeness (QED) is 0.721. The fraction of sp³-hybridized carbons (Fsp3) is 1.00. The van der Waals surface area contributed by atoms with Crippen molar-refractivity contribution in [3.8, 4) is 0 Å². The lowest BCUT2D eigenvalue weighted by Crippen LogP contribution is -2.38. The summed E-state index contributed by atoms with van der Waals surface area (Å²) in [7, 11) is 0. The number of hydrogen-bond donors (Lipinski definition) is 2. The Morgan fingerprint density at radius 2 is 0.727 bits per heavy atom. The van der Waals surface area contributed by atoms with Crippen LogP contribution < -0.4 is 0 Å². The maximum absolute atomic E-state index is 8.69. The zero-order valence-electron chi connectivity index (χ0n) is 16.9. The summed E-state index contributed by atoms with van der Waals surface area (Å²) in [5.41, 5.74) is 0. The fourth-order valence-electron chi connectivity index (χ4n) is 2.46. The lowest BCUT2D eigenvalue weighted by Gasteiger charge is -2.29. The second kappa shape index (κ2) is 17.2. The van der Waals surface area contributed by atoms with Crippen LogP contribution in [0.4, 0.5) is 0 Å². The van der Waals surface area contributed by atoms with E-state index in [0.29, 0.717) is 24.2 Å². The van der Waals surface area contributed by atoms with E-state index in [4.69, 9.17) is 10.2 Å². The SMILES string of the molecule is CC.CC(C)N(CCO)C(C)C.CC(C)N(CCO)C(C)C. The van der Waals surface area contributed by atoms with E-state index < -0.39 is 0 Å². The highest BCUT2D eigenvalue weighted by molar-refractivity contribution is 4.66. The second-order valence-corrected chi connectivity index (χ2v) is 6.30. The summed E-state index contributed by atoms with van der Waals surface area (Å²) in [6, 6.07) is 2.14. The summed E-state index contributed by atoms with van der Waals surface area (Å²) in [5.74, 6) is 0. The maximum atomic E-state index is 8.69. The van der Waals surface area contributed by atoms with E-state index in [1.165, 1.54) is 0 Å². The Bertz CT molecular complexity index is 169. The number of hydrogen-bond acceptors (Lipinski definition) is 4. The number of rotatable bonds is 8. The Morgan fingerprint density at radius 3 is 0.773 bits per heavy atom. The third kappa shape index (κ3) is 14.8. The van der Waals surface area contributed by atoms with Gasteiger partial charge in [0, 0.05) is 37.3 Å². The van der Waals surface area contributed by atoms with Crippen LogP contribution in [0.1, 0.15) is 69.2 Å². The van der Waals surface area contributed by atoms with Gasteiger partial charge in [0.05, 0.1) is 13.2 Å². The number of aliphatic hydroxyl groups is 2. The molecule has 0 aromatic rings. The standard InChI is InChI=1S/2C8H19NO.C2H6/c2*1-7(2)9(5-6-10)8(3)4;1-2/h2*7-8,10H,5-6H2,1-4H3;1-2H3. The van der Waals surface area contributed by atoms with Crippen LogP contribution in [0.2, 0.25) is 0 Å². The maximum Gasteiger partial charge on any atom is 0.0558 e. The van der Waals surface area contributed by atoms with Crippen LogP contribution in [0.25, 0.3) is 0 Å². The van der Waals surface area contributed by atoms with E-state index >= 15 is 0 Å². The molecule has 22 heavy (non-hydrogen) atoms. The first-order valence-electron chi connectivity index (χ1n) is 8.92. The third-order valence-electron chi connectivity index (χ3n) is 3.37. The highest BCUT2D eigenvalue weighted by Crippen LogP contribution is 2.03. The summed E-state index contributed by atoms with van der Waals surface area (Å²) in [4.78, 5) is 4.53. The van der Waals surface area contributed by atoms with Crippen LogP contribution >= 0.6 is 0 Å². The first-order valence-corrected chi connectivity index (χ1v) is 8.92. The molecule has 0 aliphatic carbocycles. The van der Waals surface area contributed by atoms with Gasteiger partial charge in [0.1, 0.15) is 0 Å². The highest BCUT2D eigenvalue weighted by Gasteiger charge is 2.11. The van der Waals surface area contributed by atoms with Gasteiger partial charge >= 0.3 is 0 Å². The van der Waals surface area contributed by atoms with Gasteiger partial charge in [-0.05, 0) is 55.4 Å². The summed E-state index contributed by atoms with van der Waals surface area (Å²) < 4.78 is 0. The molecule has 138 valence electrons. The molecular weight excluding hydrogens is 276 g/mol. The van der Waals surface area contributed by atoms with E-state index in [1.807, 2.05) is 13.8 Å². The van der Waals surface area contributed by atoms with Gasteiger partial charge in [-0.1, -0.05) is 13.8 Å². The molecule has 4 heteroatoms. The predicted molar refractivity (Wildman–Crippen MR) is 99.5 cm³/mol. The summed E-state index contributed by atoms with van der Waals surface area (Å²) >= 11 is 0. The molecule has 4 nitrogen and oxygen atoms in total. The molecule has 0 fully saturated rings. The minimum absolute atomic E-state index is 0.260. The molecule has 0 rings (SSSR count). The van der Waals surface area contributed by atoms with Gasteiger partial charge in [-0.25, -0.2) is 0 Å². The van der Waals surface area contributed by atoms with Crippen molar-refractivity contribution in [2.24, 2.45) is 0 Å². The van der Waals surface area contributed by atoms with Crippen LogP contribution in [-0.2, 0) is 0 Å². The van der Waals surface area contributed by atoms with Crippen LogP contribution in [0.5, 0.6) is 0 Å². The van der Waals surface area contributed by atoms with Crippen LogP contribution in [0.15, 0.2) is 0 Å². The highest BCUT2D eigenvalue weighted by atomic mass is 16.3. The number of aliphatic hydroxyl groups excluding tert-OH is 2. The Balaban J connectivity index is -0.000000294. The molecule has 0 bridgehead atoms. The van der Waals surface area contributed by atoms with E-state index in [9.17, 15) is 0 Å². The lowest BCUT2D eigenvalue weighted by molar-refractivity contribution is 0.134. The minimum Gasteiger partial charge on any atom is -0.395 e. The molecule has 0 heterocycles. The van der Waals surface area contributed by atoms with Crippen LogP contribution in [0, 0.1) is 0 Å². The van der Waals surface area contributed by atoms with Crippen molar-refractivity contribution in [1.29, 1.82) is 0 Å². The Hall–Kier alpha value is -0.160. The summed E-state index contributed by atoms with van der Waals surface area (Å²) in [5, 5.41) is 17.4. The second-order valence-electron chi connectivity index (χ2n) is 6.30. The Kier molecular flexibility index (Phi) is 20.9. The van der Waals surface area contributed by atoms with Crippen molar-refractivity contribution in [3.05, 3.63) is 0 Å². The largest absolute Gasteiger partial charge is 0.395 e. The lowest BCUT2D eigenvalue weighted by atomic mass is 10.2. The van der Waals surface area contributed by atoms with Gasteiger partial charge in [0.25, 0.3) is 0 Å². The van der Waals surface area contributed by atoms with Gasteiger partial charge in [0.2, 0.25) is 0 Å². The normalized spacial score (nSPS) is 11.2. The zero-order chi connectivity index (χ0) is 18.3. The van der Waals surface area contributed by atoms with Crippen molar-refractivity contribution in [2.45, 2.75) is 93.4 Å². The van der Waals surface area contributed by atoms with E-state index in [2.05, 4.69) is 65.2 Å². The average molecular weight is 321 g/mol. The first kappa shape index (κ1) is 26.7. The molecule has 0 radical (unpaired) electrons. The molecule has 0 amide bonds. The predicted octanol–water partition coefficient (Wildman–Crippen LogP) is 3.22. The van der Waals surface area contributed by atoms with E-state index in [-0.39, 0.29) is 13.2 Å². The summed E-state index contributed by atoms with van der Waals surface area (Å²) in [6.07, 6.45) is 0. The van der Waals surface area contributed by atoms with Crippen LogP contribution in [0.3, 0.4) is 0 Å². The minimum atomic E-state index is 0.260. The Labute approximate surface area is 140 Å². The molecule has 2 N–H and O–H groups in total. The molecule has 0 unspecified atom stereocenters. The first-order chi connectivity index (χ1) is 10.2. The zero-order valence-corrected chi connectivity index (χ0v) is 16.9. The van der Waals surface area contributed by atoms with Gasteiger partial charge in [-0.2, -0.15) is 0 Å². The van der Waals surface area contributed by atoms with Gasteiger partial charge < -0.3 is 10.2 Å². The van der Waals surface area contributed by atoms with E-state index in [1.54, 1.807) is 0 Å². The Morgan fingerprint density at radius 1 is 0.545 bits per heavy atom. The van der Waals surface area contributed by atoms with Crippen molar-refractivity contribution in [2.75, 3.05) is 26.3 Å². The van der Waals surface area contributed by atoms with Crippen molar-refractivity contribution in [3.63, 3.8) is 0 Å². The van der Waals surface area contributed by atoms with Crippen LogP contribution in [-0.4, -0.2) is 70.5 Å². The molecule has 0 aromatic carbocycles. The number of nitrogens with zero attached hydrogens (tertiary/aromatic N) is 2. The smallest absolute Gasteiger partial charge is 0.0558 e. The monoisotopic (exact) mass is 320 g/mol.